The van der Waals surface area contributed by atoms with E-state index in [0.717, 1.165) is 11.3 Å². The van der Waals surface area contributed by atoms with E-state index in [4.69, 9.17) is 0 Å². The second kappa shape index (κ2) is 7.63. The number of hydrogen-bond acceptors (Lipinski definition) is 4. The highest BCUT2D eigenvalue weighted by Crippen LogP contribution is 2.24. The molecule has 0 saturated carbocycles. The fourth-order valence-electron chi connectivity index (χ4n) is 2.43. The predicted octanol–water partition coefficient (Wildman–Crippen LogP) is 3.33. The summed E-state index contributed by atoms with van der Waals surface area (Å²) in [5.41, 5.74) is 2.43. The quantitative estimate of drug-likeness (QED) is 0.682. The Kier molecular flexibility index (Phi) is 5.27. The van der Waals surface area contributed by atoms with Gasteiger partial charge in [-0.2, -0.15) is 5.10 Å². The van der Waals surface area contributed by atoms with Gasteiger partial charge in [0.05, 0.1) is 23.8 Å². The average Bonchev–Trinajstić information content (AvgIpc) is 3.16. The van der Waals surface area contributed by atoms with E-state index in [1.807, 2.05) is 30.3 Å². The Morgan fingerprint density at radius 2 is 1.89 bits per heavy atom. The van der Waals surface area contributed by atoms with Crippen LogP contribution in [0, 0.1) is 6.92 Å². The number of amides is 1. The number of nitrogens with zero attached hydrogens (tertiary/aromatic N) is 2. The lowest BCUT2D eigenvalue weighted by molar-refractivity contribution is -0.115. The van der Waals surface area contributed by atoms with Crippen molar-refractivity contribution in [3.8, 4) is 5.69 Å². The molecule has 0 radical (unpaired) electrons. The van der Waals surface area contributed by atoms with Gasteiger partial charge in [0, 0.05) is 12.1 Å². The third-order valence-electron chi connectivity index (χ3n) is 3.98. The number of nitrogens with one attached hydrogen (secondary N) is 2. The summed E-state index contributed by atoms with van der Waals surface area (Å²) in [4.78, 5) is 11.6. The summed E-state index contributed by atoms with van der Waals surface area (Å²) in [7, 11) is -3.82. The molecule has 27 heavy (non-hydrogen) atoms. The molecule has 3 rings (SSSR count). The number of rotatable bonds is 6. The van der Waals surface area contributed by atoms with E-state index < -0.39 is 10.0 Å². The van der Waals surface area contributed by atoms with Gasteiger partial charge in [0.2, 0.25) is 5.91 Å². The van der Waals surface area contributed by atoms with Gasteiger partial charge in [-0.05, 0) is 36.8 Å². The van der Waals surface area contributed by atoms with E-state index in [1.165, 1.54) is 17.1 Å². The van der Waals surface area contributed by atoms with Crippen LogP contribution in [0.15, 0.2) is 65.8 Å². The average molecular weight is 384 g/mol. The SMILES string of the molecule is CCC(=O)Nc1ccc(C)c(NS(=O)(=O)c2cnn(-c3ccccc3)c2)c1. The molecular weight excluding hydrogens is 364 g/mol. The summed E-state index contributed by atoms with van der Waals surface area (Å²) < 4.78 is 29.5. The highest BCUT2D eigenvalue weighted by molar-refractivity contribution is 7.92. The Morgan fingerprint density at radius 1 is 1.15 bits per heavy atom. The second-order valence-corrected chi connectivity index (χ2v) is 7.68. The Labute approximate surface area is 158 Å². The lowest BCUT2D eigenvalue weighted by Crippen LogP contribution is -2.14. The standard InChI is InChI=1S/C19H20N4O3S/c1-3-19(24)21-15-10-9-14(2)18(11-15)22-27(25,26)17-12-20-23(13-17)16-7-5-4-6-8-16/h4-13,22H,3H2,1-2H3,(H,21,24). The van der Waals surface area contributed by atoms with E-state index in [2.05, 4.69) is 15.1 Å². The number of aryl methyl sites for hydroxylation is 1. The zero-order valence-electron chi connectivity index (χ0n) is 15.0. The first-order valence-electron chi connectivity index (χ1n) is 8.42. The lowest BCUT2D eigenvalue weighted by atomic mass is 10.2. The Morgan fingerprint density at radius 3 is 2.59 bits per heavy atom. The Hall–Kier alpha value is -3.13. The van der Waals surface area contributed by atoms with Crippen molar-refractivity contribution in [2.24, 2.45) is 0 Å². The molecule has 0 aliphatic carbocycles. The topological polar surface area (TPSA) is 93.1 Å². The van der Waals surface area contributed by atoms with Crippen LogP contribution in [-0.4, -0.2) is 24.1 Å². The van der Waals surface area contributed by atoms with E-state index >= 15 is 0 Å². The summed E-state index contributed by atoms with van der Waals surface area (Å²) in [5, 5.41) is 6.85. The van der Waals surface area contributed by atoms with Crippen LogP contribution >= 0.6 is 0 Å². The normalized spacial score (nSPS) is 11.2. The van der Waals surface area contributed by atoms with Crippen LogP contribution in [0.2, 0.25) is 0 Å². The number of carbonyl (C=O) groups is 1. The van der Waals surface area contributed by atoms with Crippen LogP contribution in [0.1, 0.15) is 18.9 Å². The first-order chi connectivity index (χ1) is 12.9. The van der Waals surface area contributed by atoms with Gasteiger partial charge in [-0.15, -0.1) is 0 Å². The minimum atomic E-state index is -3.82. The molecule has 0 spiro atoms. The largest absolute Gasteiger partial charge is 0.326 e. The number of aromatic nitrogens is 2. The van der Waals surface area contributed by atoms with E-state index in [1.54, 1.807) is 32.0 Å². The summed E-state index contributed by atoms with van der Waals surface area (Å²) >= 11 is 0. The molecule has 0 unspecified atom stereocenters. The summed E-state index contributed by atoms with van der Waals surface area (Å²) in [6.07, 6.45) is 3.09. The molecule has 0 atom stereocenters. The van der Waals surface area contributed by atoms with E-state index in [0.29, 0.717) is 17.8 Å². The second-order valence-electron chi connectivity index (χ2n) is 5.99. The van der Waals surface area contributed by atoms with Gasteiger partial charge in [-0.25, -0.2) is 13.1 Å². The molecule has 0 saturated heterocycles. The third kappa shape index (κ3) is 4.35. The minimum absolute atomic E-state index is 0.0498. The highest BCUT2D eigenvalue weighted by Gasteiger charge is 2.18. The van der Waals surface area contributed by atoms with Crippen molar-refractivity contribution in [3.05, 3.63) is 66.5 Å². The van der Waals surface area contributed by atoms with Gasteiger partial charge in [0.15, 0.2) is 0 Å². The van der Waals surface area contributed by atoms with Crippen LogP contribution in [0.4, 0.5) is 11.4 Å². The molecule has 0 aliphatic rings. The number of hydrogen-bond donors (Lipinski definition) is 2. The molecule has 0 aliphatic heterocycles. The molecule has 7 nitrogen and oxygen atoms in total. The Balaban J connectivity index is 1.86. The van der Waals surface area contributed by atoms with Gasteiger partial charge in [0.25, 0.3) is 10.0 Å². The van der Waals surface area contributed by atoms with Crippen molar-refractivity contribution in [1.82, 2.24) is 9.78 Å². The molecule has 3 aromatic rings. The molecule has 0 bridgehead atoms. The van der Waals surface area contributed by atoms with Gasteiger partial charge in [-0.3, -0.25) is 9.52 Å². The lowest BCUT2D eigenvalue weighted by Gasteiger charge is -2.12. The maximum atomic E-state index is 12.7. The number of para-hydroxylation sites is 1. The molecule has 1 heterocycles. The van der Waals surface area contributed by atoms with Crippen molar-refractivity contribution in [1.29, 1.82) is 0 Å². The fraction of sp³-hybridized carbons (Fsp3) is 0.158. The van der Waals surface area contributed by atoms with Crippen molar-refractivity contribution >= 4 is 27.3 Å². The molecule has 0 fully saturated rings. The number of benzene rings is 2. The first-order valence-corrected chi connectivity index (χ1v) is 9.91. The van der Waals surface area contributed by atoms with Crippen molar-refractivity contribution in [2.45, 2.75) is 25.2 Å². The monoisotopic (exact) mass is 384 g/mol. The number of sulfonamides is 1. The maximum Gasteiger partial charge on any atom is 0.265 e. The zero-order chi connectivity index (χ0) is 19.4. The minimum Gasteiger partial charge on any atom is -0.326 e. The third-order valence-corrected chi connectivity index (χ3v) is 5.30. The van der Waals surface area contributed by atoms with E-state index in [9.17, 15) is 13.2 Å². The summed E-state index contributed by atoms with van der Waals surface area (Å²) in [6.45, 7) is 3.54. The predicted molar refractivity (Wildman–Crippen MR) is 104 cm³/mol. The van der Waals surface area contributed by atoms with Crippen LogP contribution in [0.5, 0.6) is 0 Å². The number of carbonyl (C=O) groups excluding carboxylic acids is 1. The molecular formula is C19H20N4O3S. The van der Waals surface area contributed by atoms with Crippen molar-refractivity contribution < 1.29 is 13.2 Å². The van der Waals surface area contributed by atoms with Crippen LogP contribution < -0.4 is 10.0 Å². The van der Waals surface area contributed by atoms with Gasteiger partial charge >= 0.3 is 0 Å². The van der Waals surface area contributed by atoms with Gasteiger partial charge in [-0.1, -0.05) is 31.2 Å². The molecule has 140 valence electrons. The molecule has 2 aromatic carbocycles. The zero-order valence-corrected chi connectivity index (χ0v) is 15.8. The van der Waals surface area contributed by atoms with Gasteiger partial charge in [0.1, 0.15) is 4.90 Å². The smallest absolute Gasteiger partial charge is 0.265 e. The number of anilines is 2. The molecule has 8 heteroatoms. The van der Waals surface area contributed by atoms with Crippen molar-refractivity contribution in [3.63, 3.8) is 0 Å². The highest BCUT2D eigenvalue weighted by atomic mass is 32.2. The molecule has 1 amide bonds. The van der Waals surface area contributed by atoms with Crippen molar-refractivity contribution in [2.75, 3.05) is 10.0 Å². The van der Waals surface area contributed by atoms with Crippen LogP contribution in [0.3, 0.4) is 0 Å². The summed E-state index contributed by atoms with van der Waals surface area (Å²) in [6, 6.07) is 14.3. The van der Waals surface area contributed by atoms with Gasteiger partial charge < -0.3 is 5.32 Å². The molecule has 1 aromatic heterocycles. The first kappa shape index (κ1) is 18.7. The fourth-order valence-corrected chi connectivity index (χ4v) is 3.48. The van der Waals surface area contributed by atoms with Crippen LogP contribution in [0.25, 0.3) is 5.69 Å². The van der Waals surface area contributed by atoms with Crippen LogP contribution in [-0.2, 0) is 14.8 Å². The Bertz CT molecular complexity index is 1060. The maximum absolute atomic E-state index is 12.7. The van der Waals surface area contributed by atoms with E-state index in [-0.39, 0.29) is 10.8 Å². The summed E-state index contributed by atoms with van der Waals surface area (Å²) in [5.74, 6) is -0.142. The molecule has 2 N–H and O–H groups in total.